The van der Waals surface area contributed by atoms with E-state index in [0.29, 0.717) is 5.75 Å². The Morgan fingerprint density at radius 1 is 0.944 bits per heavy atom. The molecule has 0 atom stereocenters. The molecule has 1 N–H and O–H groups in total. The molecule has 0 saturated carbocycles. The summed E-state index contributed by atoms with van der Waals surface area (Å²) in [6.07, 6.45) is 4.32. The van der Waals surface area contributed by atoms with E-state index in [-0.39, 0.29) is 0 Å². The molecule has 0 fully saturated rings. The van der Waals surface area contributed by atoms with Crippen LogP contribution in [0.2, 0.25) is 0 Å². The van der Waals surface area contributed by atoms with Gasteiger partial charge in [0.1, 0.15) is 5.75 Å². The smallest absolute Gasteiger partial charge is 0.115 e. The van der Waals surface area contributed by atoms with Gasteiger partial charge in [0.15, 0.2) is 0 Å². The van der Waals surface area contributed by atoms with Crippen molar-refractivity contribution in [2.75, 3.05) is 5.75 Å². The first-order chi connectivity index (χ1) is 8.84. The molecule has 2 aromatic carbocycles. The number of hydrogen-bond acceptors (Lipinski definition) is 2. The van der Waals surface area contributed by atoms with Crippen molar-refractivity contribution in [2.45, 2.75) is 5.75 Å². The Hall–Kier alpha value is -1.67. The van der Waals surface area contributed by atoms with Crippen LogP contribution in [0.25, 0.3) is 6.08 Å². The maximum Gasteiger partial charge on any atom is 0.115 e. The Morgan fingerprint density at radius 2 is 1.67 bits per heavy atom. The van der Waals surface area contributed by atoms with Crippen LogP contribution in [0.15, 0.2) is 60.7 Å². The standard InChI is InChI=1S/C16H16OS/c17-16-10-8-15(9-11-16)13-18-12-4-7-14-5-2-1-3-6-14/h1-11,17H,12-13H2. The molecule has 1 nitrogen and oxygen atoms in total. The Morgan fingerprint density at radius 3 is 2.39 bits per heavy atom. The zero-order valence-electron chi connectivity index (χ0n) is 10.1. The molecule has 2 aromatic rings. The fourth-order valence-corrected chi connectivity index (χ4v) is 2.36. The van der Waals surface area contributed by atoms with Crippen molar-refractivity contribution in [3.63, 3.8) is 0 Å². The molecule has 0 aromatic heterocycles. The molecule has 92 valence electrons. The quantitative estimate of drug-likeness (QED) is 0.803. The van der Waals surface area contributed by atoms with Crippen molar-refractivity contribution in [3.05, 3.63) is 71.8 Å². The maximum absolute atomic E-state index is 9.17. The van der Waals surface area contributed by atoms with Crippen LogP contribution in [0, 0.1) is 0 Å². The third kappa shape index (κ3) is 4.30. The van der Waals surface area contributed by atoms with Gasteiger partial charge in [0, 0.05) is 11.5 Å². The van der Waals surface area contributed by atoms with E-state index >= 15 is 0 Å². The van der Waals surface area contributed by atoms with Gasteiger partial charge < -0.3 is 5.11 Å². The van der Waals surface area contributed by atoms with Gasteiger partial charge in [-0.25, -0.2) is 0 Å². The molecule has 0 amide bonds. The first-order valence-electron chi connectivity index (χ1n) is 5.92. The molecule has 0 aliphatic rings. The molecule has 18 heavy (non-hydrogen) atoms. The van der Waals surface area contributed by atoms with Gasteiger partial charge in [-0.2, -0.15) is 11.8 Å². The second-order valence-corrected chi connectivity index (χ2v) is 5.02. The van der Waals surface area contributed by atoms with Gasteiger partial charge in [-0.05, 0) is 23.3 Å². The molecule has 0 unspecified atom stereocenters. The predicted octanol–water partition coefficient (Wildman–Crippen LogP) is 4.34. The predicted molar refractivity (Wildman–Crippen MR) is 79.7 cm³/mol. The summed E-state index contributed by atoms with van der Waals surface area (Å²) in [6.45, 7) is 0. The topological polar surface area (TPSA) is 20.2 Å². The lowest BCUT2D eigenvalue weighted by atomic mass is 10.2. The first kappa shape index (κ1) is 12.8. The van der Waals surface area contributed by atoms with Crippen molar-refractivity contribution in [2.24, 2.45) is 0 Å². The monoisotopic (exact) mass is 256 g/mol. The Labute approximate surface area is 112 Å². The summed E-state index contributed by atoms with van der Waals surface area (Å²) in [4.78, 5) is 0. The van der Waals surface area contributed by atoms with Crippen molar-refractivity contribution in [1.29, 1.82) is 0 Å². The van der Waals surface area contributed by atoms with Crippen LogP contribution in [0.1, 0.15) is 11.1 Å². The normalized spacial score (nSPS) is 10.9. The lowest BCUT2D eigenvalue weighted by Crippen LogP contribution is -1.80. The zero-order valence-corrected chi connectivity index (χ0v) is 10.9. The van der Waals surface area contributed by atoms with Crippen molar-refractivity contribution in [3.8, 4) is 5.75 Å². The minimum absolute atomic E-state index is 0.327. The number of hydrogen-bond donors (Lipinski definition) is 1. The van der Waals surface area contributed by atoms with E-state index in [1.807, 2.05) is 42.1 Å². The summed E-state index contributed by atoms with van der Waals surface area (Å²) >= 11 is 1.86. The number of phenols is 1. The van der Waals surface area contributed by atoms with Crippen molar-refractivity contribution < 1.29 is 5.11 Å². The molecule has 0 aliphatic carbocycles. The Bertz CT molecular complexity index is 488. The number of benzene rings is 2. The van der Waals surface area contributed by atoms with Crippen molar-refractivity contribution in [1.82, 2.24) is 0 Å². The minimum Gasteiger partial charge on any atom is -0.508 e. The molecule has 0 bridgehead atoms. The van der Waals surface area contributed by atoms with E-state index < -0.39 is 0 Å². The summed E-state index contributed by atoms with van der Waals surface area (Å²) < 4.78 is 0. The van der Waals surface area contributed by atoms with E-state index in [9.17, 15) is 5.11 Å². The van der Waals surface area contributed by atoms with E-state index in [2.05, 4.69) is 24.3 Å². The van der Waals surface area contributed by atoms with E-state index in [4.69, 9.17) is 0 Å². The van der Waals surface area contributed by atoms with E-state index in [1.165, 1.54) is 11.1 Å². The summed E-state index contributed by atoms with van der Waals surface area (Å²) in [5.74, 6) is 2.29. The summed E-state index contributed by atoms with van der Waals surface area (Å²) in [5, 5.41) is 9.17. The van der Waals surface area contributed by atoms with Gasteiger partial charge in [0.25, 0.3) is 0 Å². The maximum atomic E-state index is 9.17. The van der Waals surface area contributed by atoms with E-state index in [0.717, 1.165) is 11.5 Å². The highest BCUT2D eigenvalue weighted by Crippen LogP contribution is 2.16. The Balaban J connectivity index is 1.73. The molecule has 0 radical (unpaired) electrons. The fraction of sp³-hybridized carbons (Fsp3) is 0.125. The largest absolute Gasteiger partial charge is 0.508 e. The van der Waals surface area contributed by atoms with Crippen LogP contribution in [0.5, 0.6) is 5.75 Å². The SMILES string of the molecule is Oc1ccc(CSCC=Cc2ccccc2)cc1. The molecule has 2 heteroatoms. The van der Waals surface area contributed by atoms with Crippen LogP contribution < -0.4 is 0 Å². The molecule has 0 spiro atoms. The highest BCUT2D eigenvalue weighted by atomic mass is 32.2. The fourth-order valence-electron chi connectivity index (χ4n) is 1.59. The van der Waals surface area contributed by atoms with Crippen LogP contribution in [0.4, 0.5) is 0 Å². The third-order valence-electron chi connectivity index (χ3n) is 2.53. The molecule has 0 aliphatic heterocycles. The lowest BCUT2D eigenvalue weighted by molar-refractivity contribution is 0.475. The second-order valence-electron chi connectivity index (χ2n) is 3.99. The molecular formula is C16H16OS. The van der Waals surface area contributed by atoms with Gasteiger partial charge in [0.05, 0.1) is 0 Å². The Kier molecular flexibility index (Phi) is 4.91. The van der Waals surface area contributed by atoms with Crippen LogP contribution in [0.3, 0.4) is 0 Å². The van der Waals surface area contributed by atoms with Gasteiger partial charge in [-0.3, -0.25) is 0 Å². The van der Waals surface area contributed by atoms with E-state index in [1.54, 1.807) is 12.1 Å². The van der Waals surface area contributed by atoms with Gasteiger partial charge in [-0.1, -0.05) is 54.6 Å². The average Bonchev–Trinajstić information content (AvgIpc) is 2.42. The summed E-state index contributed by atoms with van der Waals surface area (Å²) in [7, 11) is 0. The summed E-state index contributed by atoms with van der Waals surface area (Å²) in [6, 6.07) is 17.7. The lowest BCUT2D eigenvalue weighted by Gasteiger charge is -1.99. The highest BCUT2D eigenvalue weighted by molar-refractivity contribution is 7.98. The van der Waals surface area contributed by atoms with Crippen LogP contribution in [-0.2, 0) is 5.75 Å². The molecular weight excluding hydrogens is 240 g/mol. The summed E-state index contributed by atoms with van der Waals surface area (Å²) in [5.41, 5.74) is 2.48. The number of rotatable bonds is 5. The zero-order chi connectivity index (χ0) is 12.6. The molecule has 2 rings (SSSR count). The average molecular weight is 256 g/mol. The van der Waals surface area contributed by atoms with Crippen molar-refractivity contribution >= 4 is 17.8 Å². The van der Waals surface area contributed by atoms with Crippen LogP contribution >= 0.6 is 11.8 Å². The second kappa shape index (κ2) is 6.92. The third-order valence-corrected chi connectivity index (χ3v) is 3.49. The number of phenolic OH excluding ortho intramolecular Hbond substituents is 1. The molecule has 0 saturated heterocycles. The number of thioether (sulfide) groups is 1. The highest BCUT2D eigenvalue weighted by Gasteiger charge is 1.92. The van der Waals surface area contributed by atoms with Crippen LogP contribution in [-0.4, -0.2) is 10.9 Å². The first-order valence-corrected chi connectivity index (χ1v) is 7.07. The molecule has 0 heterocycles. The van der Waals surface area contributed by atoms with Gasteiger partial charge in [-0.15, -0.1) is 0 Å². The van der Waals surface area contributed by atoms with Gasteiger partial charge in [0.2, 0.25) is 0 Å². The minimum atomic E-state index is 0.327. The number of aromatic hydroxyl groups is 1. The van der Waals surface area contributed by atoms with Gasteiger partial charge >= 0.3 is 0 Å².